The molecule has 0 aromatic heterocycles. The molecule has 10 heavy (non-hydrogen) atoms. The van der Waals surface area contributed by atoms with Crippen LogP contribution in [0.15, 0.2) is 0 Å². The minimum absolute atomic E-state index is 0. The van der Waals surface area contributed by atoms with Gasteiger partial charge in [-0.25, -0.2) is 0 Å². The predicted octanol–water partition coefficient (Wildman–Crippen LogP) is -3.29. The summed E-state index contributed by atoms with van der Waals surface area (Å²) in [4.78, 5) is 16.5. The van der Waals surface area contributed by atoms with Crippen molar-refractivity contribution in [1.82, 2.24) is 4.83 Å². The third-order valence-electron chi connectivity index (χ3n) is 0.840. The molecular formula is C3H9KNO3PS. The normalized spacial score (nSPS) is 16.1. The average Bonchev–Trinajstić information content (AvgIpc) is 1.86. The van der Waals surface area contributed by atoms with Crippen molar-refractivity contribution in [2.75, 3.05) is 21.3 Å². The average molecular weight is 209 g/mol. The van der Waals surface area contributed by atoms with Gasteiger partial charge in [0.15, 0.2) is 0 Å². The topological polar surface area (TPSA) is 44.8 Å². The van der Waals surface area contributed by atoms with Crippen molar-refractivity contribution in [3.05, 3.63) is 0 Å². The molecule has 0 radical (unpaired) electrons. The maximum Gasteiger partial charge on any atom is 1.00 e. The van der Waals surface area contributed by atoms with Gasteiger partial charge in [0.25, 0.3) is 0 Å². The Bertz CT molecular complexity index is 135. The van der Waals surface area contributed by atoms with E-state index in [0.29, 0.717) is 0 Å². The van der Waals surface area contributed by atoms with Crippen LogP contribution >= 0.6 is 6.64 Å². The third-order valence-corrected chi connectivity index (χ3v) is 3.29. The van der Waals surface area contributed by atoms with E-state index in [4.69, 9.17) is 0 Å². The first kappa shape index (κ1) is 14.6. The van der Waals surface area contributed by atoms with E-state index in [2.05, 4.69) is 21.2 Å². The number of nitrogens with zero attached hydrogens (tertiary/aromatic N) is 1. The summed E-state index contributed by atoms with van der Waals surface area (Å²) in [5.74, 6) is 0. The van der Waals surface area contributed by atoms with Crippen molar-refractivity contribution in [3.63, 3.8) is 0 Å². The Labute approximate surface area is 108 Å². The van der Waals surface area contributed by atoms with Crippen molar-refractivity contribution in [3.8, 4) is 0 Å². The molecule has 0 aliphatic rings. The molecule has 0 aromatic rings. The number of hydroxylamine groups is 1. The van der Waals surface area contributed by atoms with Gasteiger partial charge < -0.3 is 9.42 Å². The first-order valence-corrected chi connectivity index (χ1v) is 4.78. The van der Waals surface area contributed by atoms with E-state index in [1.165, 1.54) is 21.3 Å². The largest absolute Gasteiger partial charge is 1.00 e. The van der Waals surface area contributed by atoms with Gasteiger partial charge in [0.05, 0.1) is 13.8 Å². The Balaban J connectivity index is 0. The molecule has 0 rings (SSSR count). The van der Waals surface area contributed by atoms with Gasteiger partial charge in [-0.05, 0) is 0 Å². The van der Waals surface area contributed by atoms with Crippen LogP contribution < -0.4 is 56.3 Å². The van der Waals surface area contributed by atoms with Crippen LogP contribution in [0.1, 0.15) is 0 Å². The second-order valence-corrected chi connectivity index (χ2v) is 4.55. The van der Waals surface area contributed by atoms with Crippen molar-refractivity contribution in [1.29, 1.82) is 0 Å². The first-order valence-electron chi connectivity index (χ1n) is 2.19. The smallest absolute Gasteiger partial charge is 0.788 e. The summed E-state index contributed by atoms with van der Waals surface area (Å²) in [6, 6.07) is 0. The molecule has 0 fully saturated rings. The van der Waals surface area contributed by atoms with Crippen LogP contribution in [0.2, 0.25) is 0 Å². The predicted molar refractivity (Wildman–Crippen MR) is 36.1 cm³/mol. The molecule has 0 amide bonds. The molecule has 0 heterocycles. The summed E-state index contributed by atoms with van der Waals surface area (Å²) in [6.07, 6.45) is 0. The van der Waals surface area contributed by atoms with Crippen LogP contribution in [0.5, 0.6) is 0 Å². The van der Waals surface area contributed by atoms with E-state index >= 15 is 0 Å². The molecule has 4 nitrogen and oxygen atoms in total. The van der Waals surface area contributed by atoms with Crippen LogP contribution in [-0.4, -0.2) is 26.1 Å². The summed E-state index contributed by atoms with van der Waals surface area (Å²) in [6.45, 7) is -3.07. The molecule has 7 heteroatoms. The van der Waals surface area contributed by atoms with Gasteiger partial charge in [-0.2, -0.15) is 4.83 Å². The molecule has 0 aliphatic carbocycles. The Morgan fingerprint density at radius 3 is 2.00 bits per heavy atom. The second-order valence-electron chi connectivity index (χ2n) is 1.30. The first-order chi connectivity index (χ1) is 4.04. The fourth-order valence-electron chi connectivity index (χ4n) is 0.215. The van der Waals surface area contributed by atoms with Crippen molar-refractivity contribution in [2.45, 2.75) is 0 Å². The summed E-state index contributed by atoms with van der Waals surface area (Å²) in [5.41, 5.74) is 0. The maximum absolute atomic E-state index is 10.9. The summed E-state index contributed by atoms with van der Waals surface area (Å²) < 4.78 is 4.46. The third kappa shape index (κ3) is 4.90. The quantitative estimate of drug-likeness (QED) is 0.277. The minimum atomic E-state index is -3.07. The van der Waals surface area contributed by atoms with E-state index in [0.717, 1.165) is 4.83 Å². The molecule has 1 atom stereocenters. The summed E-state index contributed by atoms with van der Waals surface area (Å²) in [5, 5.41) is 0. The van der Waals surface area contributed by atoms with E-state index in [1.807, 2.05) is 0 Å². The van der Waals surface area contributed by atoms with E-state index in [-0.39, 0.29) is 51.4 Å². The monoisotopic (exact) mass is 209 g/mol. The number of hydrogen-bond acceptors (Lipinski definition) is 4. The summed E-state index contributed by atoms with van der Waals surface area (Å²) in [7, 11) is 4.11. The molecular weight excluding hydrogens is 200 g/mol. The van der Waals surface area contributed by atoms with E-state index in [9.17, 15) is 4.89 Å². The fourth-order valence-corrected chi connectivity index (χ4v) is 0.845. The molecule has 0 aromatic carbocycles. The van der Waals surface area contributed by atoms with Crippen LogP contribution in [0, 0.1) is 0 Å². The summed E-state index contributed by atoms with van der Waals surface area (Å²) >= 11 is 4.50. The van der Waals surface area contributed by atoms with Crippen molar-refractivity contribution >= 4 is 18.4 Å². The second kappa shape index (κ2) is 6.62. The van der Waals surface area contributed by atoms with Gasteiger partial charge in [-0.1, -0.05) is 11.8 Å². The maximum atomic E-state index is 10.9. The SMILES string of the molecule is CON(C)P([O-])(=S)OC.[K+]. The van der Waals surface area contributed by atoms with Gasteiger partial charge >= 0.3 is 51.4 Å². The Morgan fingerprint density at radius 1 is 1.50 bits per heavy atom. The number of rotatable bonds is 3. The van der Waals surface area contributed by atoms with Gasteiger partial charge in [0.1, 0.15) is 0 Å². The molecule has 0 spiro atoms. The zero-order chi connectivity index (χ0) is 7.49. The minimum Gasteiger partial charge on any atom is -0.788 e. The molecule has 56 valence electrons. The van der Waals surface area contributed by atoms with Crippen molar-refractivity contribution in [2.24, 2.45) is 0 Å². The van der Waals surface area contributed by atoms with E-state index < -0.39 is 6.64 Å². The molecule has 0 saturated carbocycles. The van der Waals surface area contributed by atoms with Gasteiger partial charge in [-0.15, -0.1) is 0 Å². The molecule has 0 bridgehead atoms. The van der Waals surface area contributed by atoms with Gasteiger partial charge in [0.2, 0.25) is 0 Å². The molecule has 0 N–H and O–H groups in total. The molecule has 1 unspecified atom stereocenters. The molecule has 0 aliphatic heterocycles. The Kier molecular flexibility index (Phi) is 9.69. The van der Waals surface area contributed by atoms with Crippen molar-refractivity contribution < 1.29 is 65.6 Å². The van der Waals surface area contributed by atoms with Crippen LogP contribution in [0.3, 0.4) is 0 Å². The van der Waals surface area contributed by atoms with Crippen LogP contribution in [-0.2, 0) is 21.2 Å². The van der Waals surface area contributed by atoms with Gasteiger partial charge in [-0.3, -0.25) is 4.84 Å². The van der Waals surface area contributed by atoms with Gasteiger partial charge in [0, 0.05) is 14.2 Å². The Hall–Kier alpha value is 2.13. The number of hydrogen-bond donors (Lipinski definition) is 0. The fraction of sp³-hybridized carbons (Fsp3) is 1.00. The Morgan fingerprint density at radius 2 is 1.90 bits per heavy atom. The van der Waals surface area contributed by atoms with E-state index in [1.54, 1.807) is 0 Å². The zero-order valence-electron chi connectivity index (χ0n) is 6.53. The standard InChI is InChI=1S/C3H10NO3PS.K/c1-4(6-2)8(5,9)7-3;/h1-3H3,(H,5,9);/q;+1/p-1. The van der Waals surface area contributed by atoms with Crippen LogP contribution in [0.4, 0.5) is 0 Å². The molecule has 0 saturated heterocycles. The van der Waals surface area contributed by atoms with Crippen LogP contribution in [0.25, 0.3) is 0 Å². The zero-order valence-corrected chi connectivity index (χ0v) is 11.4.